The molecule has 1 N–H and O–H groups in total. The first-order valence-corrected chi connectivity index (χ1v) is 10.7. The second-order valence-corrected chi connectivity index (χ2v) is 8.48. The van der Waals surface area contributed by atoms with Crippen molar-refractivity contribution < 1.29 is 23.9 Å². The molecule has 0 saturated carbocycles. The summed E-state index contributed by atoms with van der Waals surface area (Å²) in [5.41, 5.74) is 1.35. The summed E-state index contributed by atoms with van der Waals surface area (Å²) in [6.07, 6.45) is -1.61. The van der Waals surface area contributed by atoms with E-state index < -0.39 is 23.8 Å². The fourth-order valence-electron chi connectivity index (χ4n) is 2.96. The van der Waals surface area contributed by atoms with E-state index in [0.717, 1.165) is 11.1 Å². The highest BCUT2D eigenvalue weighted by Gasteiger charge is 2.24. The van der Waals surface area contributed by atoms with Crippen LogP contribution in [-0.2, 0) is 32.2 Å². The molecule has 2 amide bonds. The van der Waals surface area contributed by atoms with E-state index in [4.69, 9.17) is 9.47 Å². The molecule has 0 aliphatic rings. The predicted octanol–water partition coefficient (Wildman–Crippen LogP) is 4.06. The number of nitrogens with one attached hydrogen (secondary N) is 1. The monoisotopic (exact) mass is 440 g/mol. The molecular weight excluding hydrogens is 408 g/mol. The van der Waals surface area contributed by atoms with Crippen LogP contribution in [0.15, 0.2) is 60.7 Å². The van der Waals surface area contributed by atoms with Crippen molar-refractivity contribution in [2.75, 3.05) is 6.54 Å². The molecule has 0 aliphatic heterocycles. The van der Waals surface area contributed by atoms with E-state index in [1.807, 2.05) is 60.7 Å². The standard InChI is InChI=1S/C25H32N2O5/c1-19(31-22(28)15-16-26-24(30)32-25(2,3)4)23(29)27(17-20-11-7-5-8-12-20)18-21-13-9-6-10-14-21/h5-14,19H,15-18H2,1-4H3,(H,26,30). The molecule has 2 rings (SSSR count). The van der Waals surface area contributed by atoms with Gasteiger partial charge in [0.1, 0.15) is 5.60 Å². The van der Waals surface area contributed by atoms with Gasteiger partial charge in [-0.15, -0.1) is 0 Å². The molecule has 0 bridgehead atoms. The van der Waals surface area contributed by atoms with Gasteiger partial charge in [0.2, 0.25) is 0 Å². The third-order valence-corrected chi connectivity index (χ3v) is 4.40. The largest absolute Gasteiger partial charge is 0.452 e. The van der Waals surface area contributed by atoms with Crippen LogP contribution in [0.3, 0.4) is 0 Å². The molecule has 1 unspecified atom stereocenters. The highest BCUT2D eigenvalue weighted by atomic mass is 16.6. The third-order valence-electron chi connectivity index (χ3n) is 4.40. The average Bonchev–Trinajstić information content (AvgIpc) is 2.73. The van der Waals surface area contributed by atoms with Crippen LogP contribution < -0.4 is 5.32 Å². The Bertz CT molecular complexity index is 837. The van der Waals surface area contributed by atoms with E-state index in [0.29, 0.717) is 13.1 Å². The van der Waals surface area contributed by atoms with Crippen molar-refractivity contribution in [2.45, 2.75) is 58.9 Å². The summed E-state index contributed by atoms with van der Waals surface area (Å²) in [6.45, 7) is 7.69. The van der Waals surface area contributed by atoms with Gasteiger partial charge in [-0.3, -0.25) is 9.59 Å². The zero-order valence-electron chi connectivity index (χ0n) is 19.2. The van der Waals surface area contributed by atoms with Crippen molar-refractivity contribution >= 4 is 18.0 Å². The van der Waals surface area contributed by atoms with Crippen LogP contribution in [-0.4, -0.2) is 41.1 Å². The maximum absolute atomic E-state index is 13.1. The fourth-order valence-corrected chi connectivity index (χ4v) is 2.96. The van der Waals surface area contributed by atoms with Gasteiger partial charge in [0.25, 0.3) is 5.91 Å². The molecular formula is C25H32N2O5. The fraction of sp³-hybridized carbons (Fsp3) is 0.400. The van der Waals surface area contributed by atoms with E-state index in [-0.39, 0.29) is 18.9 Å². The number of hydrogen-bond donors (Lipinski definition) is 1. The second-order valence-electron chi connectivity index (χ2n) is 8.48. The average molecular weight is 441 g/mol. The van der Waals surface area contributed by atoms with Crippen LogP contribution in [0.1, 0.15) is 45.2 Å². The lowest BCUT2D eigenvalue weighted by Crippen LogP contribution is -2.39. The molecule has 2 aromatic carbocycles. The van der Waals surface area contributed by atoms with Crippen molar-refractivity contribution in [3.8, 4) is 0 Å². The molecule has 0 heterocycles. The minimum absolute atomic E-state index is 0.0613. The summed E-state index contributed by atoms with van der Waals surface area (Å²) >= 11 is 0. The van der Waals surface area contributed by atoms with Crippen LogP contribution in [0.4, 0.5) is 4.79 Å². The maximum Gasteiger partial charge on any atom is 0.407 e. The Balaban J connectivity index is 1.92. The highest BCUT2D eigenvalue weighted by Crippen LogP contribution is 2.13. The lowest BCUT2D eigenvalue weighted by molar-refractivity contribution is -0.159. The van der Waals surface area contributed by atoms with Crippen molar-refractivity contribution in [3.63, 3.8) is 0 Å². The zero-order valence-corrected chi connectivity index (χ0v) is 19.2. The molecule has 32 heavy (non-hydrogen) atoms. The summed E-state index contributed by atoms with van der Waals surface area (Å²) in [7, 11) is 0. The Morgan fingerprint density at radius 2 is 1.41 bits per heavy atom. The molecule has 172 valence electrons. The van der Waals surface area contributed by atoms with Crippen molar-refractivity contribution in [3.05, 3.63) is 71.8 Å². The molecule has 7 heteroatoms. The van der Waals surface area contributed by atoms with Gasteiger partial charge in [-0.2, -0.15) is 0 Å². The van der Waals surface area contributed by atoms with Gasteiger partial charge >= 0.3 is 12.1 Å². The van der Waals surface area contributed by atoms with E-state index in [2.05, 4.69) is 5.32 Å². The summed E-state index contributed by atoms with van der Waals surface area (Å²) in [5.74, 6) is -0.854. The number of benzene rings is 2. The smallest absolute Gasteiger partial charge is 0.407 e. The van der Waals surface area contributed by atoms with Gasteiger partial charge in [0.15, 0.2) is 6.10 Å². The Morgan fingerprint density at radius 1 is 0.906 bits per heavy atom. The third kappa shape index (κ3) is 9.20. The van der Waals surface area contributed by atoms with Crippen LogP contribution in [0.2, 0.25) is 0 Å². The first-order valence-electron chi connectivity index (χ1n) is 10.7. The Hall–Kier alpha value is -3.35. The molecule has 1 atom stereocenters. The van der Waals surface area contributed by atoms with Gasteiger partial charge in [-0.1, -0.05) is 60.7 Å². The summed E-state index contributed by atoms with van der Waals surface area (Å²) in [5, 5.41) is 2.50. The number of ether oxygens (including phenoxy) is 2. The highest BCUT2D eigenvalue weighted by molar-refractivity contribution is 5.83. The molecule has 7 nitrogen and oxygen atoms in total. The van der Waals surface area contributed by atoms with Crippen molar-refractivity contribution in [2.24, 2.45) is 0 Å². The number of carbonyl (C=O) groups excluding carboxylic acids is 3. The minimum Gasteiger partial charge on any atom is -0.452 e. The number of alkyl carbamates (subject to hydrolysis) is 1. The van der Waals surface area contributed by atoms with Crippen molar-refractivity contribution in [1.82, 2.24) is 10.2 Å². The van der Waals surface area contributed by atoms with Gasteiger partial charge < -0.3 is 19.7 Å². The predicted molar refractivity (Wildman–Crippen MR) is 122 cm³/mol. The van der Waals surface area contributed by atoms with Gasteiger partial charge in [0, 0.05) is 19.6 Å². The first kappa shape index (κ1) is 24.9. The Kier molecular flexibility index (Phi) is 9.25. The van der Waals surface area contributed by atoms with E-state index in [9.17, 15) is 14.4 Å². The molecule has 0 spiro atoms. The summed E-state index contributed by atoms with van der Waals surface area (Å²) in [6, 6.07) is 19.3. The molecule has 0 saturated heterocycles. The molecule has 2 aromatic rings. The first-order chi connectivity index (χ1) is 15.1. The topological polar surface area (TPSA) is 84.9 Å². The maximum atomic E-state index is 13.1. The van der Waals surface area contributed by atoms with E-state index >= 15 is 0 Å². The number of esters is 1. The Labute approximate surface area is 189 Å². The lowest BCUT2D eigenvalue weighted by Gasteiger charge is -2.26. The van der Waals surface area contributed by atoms with E-state index in [1.165, 1.54) is 0 Å². The number of nitrogens with zero attached hydrogens (tertiary/aromatic N) is 1. The zero-order chi connectivity index (χ0) is 23.6. The molecule has 0 aromatic heterocycles. The van der Waals surface area contributed by atoms with Gasteiger partial charge in [-0.05, 0) is 38.8 Å². The van der Waals surface area contributed by atoms with Crippen LogP contribution in [0, 0.1) is 0 Å². The SMILES string of the molecule is CC(OC(=O)CCNC(=O)OC(C)(C)C)C(=O)N(Cc1ccccc1)Cc1ccccc1. The normalized spacial score (nSPS) is 11.9. The molecule has 0 radical (unpaired) electrons. The summed E-state index contributed by atoms with van der Waals surface area (Å²) < 4.78 is 10.4. The summed E-state index contributed by atoms with van der Waals surface area (Å²) in [4.78, 5) is 38.6. The quantitative estimate of drug-likeness (QED) is 0.595. The van der Waals surface area contributed by atoms with Gasteiger partial charge in [0.05, 0.1) is 6.42 Å². The van der Waals surface area contributed by atoms with Crippen LogP contribution in [0.25, 0.3) is 0 Å². The molecule has 0 fully saturated rings. The van der Waals surface area contributed by atoms with Gasteiger partial charge in [-0.25, -0.2) is 4.79 Å². The van der Waals surface area contributed by atoms with Crippen molar-refractivity contribution in [1.29, 1.82) is 0 Å². The van der Waals surface area contributed by atoms with E-state index in [1.54, 1.807) is 32.6 Å². The minimum atomic E-state index is -0.948. The number of carbonyl (C=O) groups is 3. The number of hydrogen-bond acceptors (Lipinski definition) is 5. The Morgan fingerprint density at radius 3 is 1.88 bits per heavy atom. The lowest BCUT2D eigenvalue weighted by atomic mass is 10.1. The second kappa shape index (κ2) is 11.9. The number of rotatable bonds is 9. The molecule has 0 aliphatic carbocycles. The number of amides is 2. The van der Waals surface area contributed by atoms with Crippen LogP contribution >= 0.6 is 0 Å². The van der Waals surface area contributed by atoms with Crippen LogP contribution in [0.5, 0.6) is 0 Å².